The van der Waals surface area contributed by atoms with Gasteiger partial charge >= 0.3 is 33.9 Å². The van der Waals surface area contributed by atoms with Crippen LogP contribution in [0.15, 0.2) is 12.1 Å². The standard InChI is InChI=1S/C12H16O3.3CO.Cr/c1-14-11-6-8-4-3-5-10(13)9(8)7-12(11)15-2;3*1-2;/h6-7,10,13H,3-5H2,1-2H3;;;;/t10-;;;;/m1..../s1. The summed E-state index contributed by atoms with van der Waals surface area (Å²) >= 11 is 0. The first-order valence-corrected chi connectivity index (χ1v) is 5.80. The van der Waals surface area contributed by atoms with Crippen molar-refractivity contribution in [2.75, 3.05) is 14.2 Å². The second kappa shape index (κ2) is 15.9. The van der Waals surface area contributed by atoms with Crippen LogP contribution in [0.1, 0.15) is 30.1 Å². The van der Waals surface area contributed by atoms with E-state index in [0.29, 0.717) is 5.75 Å². The molecule has 7 heteroatoms. The van der Waals surface area contributed by atoms with Crippen molar-refractivity contribution < 1.29 is 45.9 Å². The molecule has 2 rings (SSSR count). The molecule has 118 valence electrons. The summed E-state index contributed by atoms with van der Waals surface area (Å²) in [7, 11) is 3.24. The van der Waals surface area contributed by atoms with Crippen molar-refractivity contribution in [1.82, 2.24) is 0 Å². The molecule has 0 bridgehead atoms. The third kappa shape index (κ3) is 7.00. The fraction of sp³-hybridized carbons (Fsp3) is 0.400. The van der Waals surface area contributed by atoms with E-state index in [-0.39, 0.29) is 23.5 Å². The molecule has 0 fully saturated rings. The molecule has 0 saturated carbocycles. The van der Waals surface area contributed by atoms with Gasteiger partial charge in [0.2, 0.25) is 0 Å². The maximum atomic E-state index is 9.85. The molecule has 0 aromatic heterocycles. The zero-order chi connectivity index (χ0) is 16.8. The van der Waals surface area contributed by atoms with Crippen molar-refractivity contribution in [3.05, 3.63) is 43.2 Å². The van der Waals surface area contributed by atoms with E-state index in [0.717, 1.165) is 30.6 Å². The minimum Gasteiger partial charge on any atom is 0 e. The molecule has 1 N–H and O–H groups in total. The molecule has 0 spiro atoms. The van der Waals surface area contributed by atoms with Crippen LogP contribution < -0.4 is 9.47 Å². The van der Waals surface area contributed by atoms with Crippen molar-refractivity contribution in [2.45, 2.75) is 25.4 Å². The topological polar surface area (TPSA) is 98.4 Å². The van der Waals surface area contributed by atoms with E-state index in [4.69, 9.17) is 23.4 Å². The Kier molecular flexibility index (Phi) is 18.4. The Bertz CT molecular complexity index is 467. The Morgan fingerprint density at radius 1 is 1.00 bits per heavy atom. The van der Waals surface area contributed by atoms with Crippen LogP contribution in [0.2, 0.25) is 0 Å². The van der Waals surface area contributed by atoms with Crippen molar-refractivity contribution in [3.63, 3.8) is 0 Å². The molecule has 1 atom stereocenters. The smallest absolute Gasteiger partial charge is 0 e. The molecule has 6 nitrogen and oxygen atoms in total. The summed E-state index contributed by atoms with van der Waals surface area (Å²) in [5.74, 6) is 1.43. The maximum absolute atomic E-state index is 9.85. The fourth-order valence-electron chi connectivity index (χ4n) is 2.10. The second-order valence-electron chi connectivity index (χ2n) is 3.81. The second-order valence-corrected chi connectivity index (χ2v) is 3.81. The molecular weight excluding hydrogens is 328 g/mol. The molecule has 1 aromatic rings. The number of fused-ring (bicyclic) bond motifs is 1. The molecule has 0 unspecified atom stereocenters. The number of ether oxygens (including phenoxy) is 2. The van der Waals surface area contributed by atoms with Gasteiger partial charge < -0.3 is 14.6 Å². The van der Waals surface area contributed by atoms with Crippen LogP contribution in [0, 0.1) is 20.0 Å². The number of methoxy groups -OCH3 is 2. The number of hydrogen-bond donors (Lipinski definition) is 1. The predicted octanol–water partition coefficient (Wildman–Crippen LogP) is 1.96. The molecule has 0 amide bonds. The van der Waals surface area contributed by atoms with Gasteiger partial charge in [-0.2, -0.15) is 0 Å². The van der Waals surface area contributed by atoms with Crippen molar-refractivity contribution >= 4 is 0 Å². The first-order chi connectivity index (χ1) is 10.3. The van der Waals surface area contributed by atoms with Crippen LogP contribution in [0.3, 0.4) is 0 Å². The minimum atomic E-state index is -0.353. The van der Waals surface area contributed by atoms with Crippen molar-refractivity contribution in [1.29, 1.82) is 0 Å². The largest absolute Gasteiger partial charge is 0 e. The van der Waals surface area contributed by atoms with E-state index in [2.05, 4.69) is 20.0 Å². The van der Waals surface area contributed by atoms with Gasteiger partial charge in [0.05, 0.1) is 20.3 Å². The first kappa shape index (κ1) is 25.5. The number of aliphatic hydroxyl groups excluding tert-OH is 1. The summed E-state index contributed by atoms with van der Waals surface area (Å²) in [6.45, 7) is 13.5. The SMILES string of the molecule is COc1cc2c(cc1OC)[C@H](O)CCC2.[C-]#[O+].[C-]#[O+].[C-]#[O+].[Cr]. The summed E-state index contributed by atoms with van der Waals surface area (Å²) in [6, 6.07) is 3.86. The van der Waals surface area contributed by atoms with Crippen molar-refractivity contribution in [2.24, 2.45) is 0 Å². The summed E-state index contributed by atoms with van der Waals surface area (Å²) < 4.78 is 32.9. The van der Waals surface area contributed by atoms with Gasteiger partial charge in [-0.3, -0.25) is 0 Å². The molecule has 1 aliphatic rings. The van der Waals surface area contributed by atoms with Gasteiger partial charge in [-0.05, 0) is 42.5 Å². The molecule has 0 aliphatic heterocycles. The van der Waals surface area contributed by atoms with Crippen LogP contribution in [0.4, 0.5) is 0 Å². The molecule has 0 saturated heterocycles. The summed E-state index contributed by atoms with van der Waals surface area (Å²) in [4.78, 5) is 0. The summed E-state index contributed by atoms with van der Waals surface area (Å²) in [5, 5.41) is 9.85. The molecule has 1 aliphatic carbocycles. The zero-order valence-electron chi connectivity index (χ0n) is 12.3. The Morgan fingerprint density at radius 2 is 1.45 bits per heavy atom. The van der Waals surface area contributed by atoms with Gasteiger partial charge in [0, 0.05) is 17.4 Å². The van der Waals surface area contributed by atoms with Gasteiger partial charge in [-0.1, -0.05) is 0 Å². The summed E-state index contributed by atoms with van der Waals surface area (Å²) in [6.07, 6.45) is 2.52. The number of rotatable bonds is 2. The van der Waals surface area contributed by atoms with Crippen LogP contribution in [0.5, 0.6) is 11.5 Å². The predicted molar refractivity (Wildman–Crippen MR) is 69.2 cm³/mol. The van der Waals surface area contributed by atoms with Crippen LogP contribution in [-0.2, 0) is 37.7 Å². The van der Waals surface area contributed by atoms with E-state index in [1.165, 1.54) is 5.56 Å². The average molecular weight is 344 g/mol. The van der Waals surface area contributed by atoms with Gasteiger partial charge in [0.25, 0.3) is 0 Å². The Balaban J connectivity index is -0.000000463. The number of aryl methyl sites for hydroxylation is 1. The normalized spacial score (nSPS) is 13.6. The van der Waals surface area contributed by atoms with E-state index in [1.54, 1.807) is 14.2 Å². The Hall–Kier alpha value is -1.47. The molecule has 0 heterocycles. The van der Waals surface area contributed by atoms with Crippen LogP contribution in [0.25, 0.3) is 0 Å². The molecular formula is C15H16CrO6. The van der Waals surface area contributed by atoms with Gasteiger partial charge in [-0.15, -0.1) is 0 Å². The quantitative estimate of drug-likeness (QED) is 0.656. The van der Waals surface area contributed by atoms with Gasteiger partial charge in [-0.25, -0.2) is 0 Å². The zero-order valence-corrected chi connectivity index (χ0v) is 13.5. The number of benzene rings is 1. The average Bonchev–Trinajstić information content (AvgIpc) is 2.59. The van der Waals surface area contributed by atoms with Crippen LogP contribution >= 0.6 is 0 Å². The number of hydrogen-bond acceptors (Lipinski definition) is 3. The minimum absolute atomic E-state index is 0. The summed E-state index contributed by atoms with van der Waals surface area (Å²) in [5.41, 5.74) is 2.16. The molecule has 0 radical (unpaired) electrons. The Labute approximate surface area is 140 Å². The molecule has 1 aromatic carbocycles. The van der Waals surface area contributed by atoms with Gasteiger partial charge in [0.1, 0.15) is 0 Å². The first-order valence-electron chi connectivity index (χ1n) is 5.80. The van der Waals surface area contributed by atoms with Crippen LogP contribution in [-0.4, -0.2) is 19.3 Å². The fourth-order valence-corrected chi connectivity index (χ4v) is 2.10. The molecule has 22 heavy (non-hydrogen) atoms. The third-order valence-corrected chi connectivity index (χ3v) is 2.93. The van der Waals surface area contributed by atoms with Crippen molar-refractivity contribution in [3.8, 4) is 11.5 Å². The van der Waals surface area contributed by atoms with Gasteiger partial charge in [0.15, 0.2) is 11.5 Å². The number of aliphatic hydroxyl groups is 1. The van der Waals surface area contributed by atoms with E-state index in [1.807, 2.05) is 12.1 Å². The van der Waals surface area contributed by atoms with E-state index >= 15 is 0 Å². The maximum Gasteiger partial charge on any atom is 0 e. The van der Waals surface area contributed by atoms with E-state index < -0.39 is 0 Å². The third-order valence-electron chi connectivity index (χ3n) is 2.93. The monoisotopic (exact) mass is 344 g/mol. The van der Waals surface area contributed by atoms with E-state index in [9.17, 15) is 5.11 Å². The Morgan fingerprint density at radius 3 is 1.91 bits per heavy atom.